The van der Waals surface area contributed by atoms with Crippen LogP contribution in [-0.4, -0.2) is 5.91 Å². The summed E-state index contributed by atoms with van der Waals surface area (Å²) < 4.78 is 0. The predicted octanol–water partition coefficient (Wildman–Crippen LogP) is 4.06. The molecule has 21 heavy (non-hydrogen) atoms. The second kappa shape index (κ2) is 7.63. The summed E-state index contributed by atoms with van der Waals surface area (Å²) in [6, 6.07) is 18.5. The molecular weight excluding hydrogens is 258 g/mol. The number of amides is 1. The molecule has 1 amide bonds. The Balaban J connectivity index is 1.96. The summed E-state index contributed by atoms with van der Waals surface area (Å²) in [5, 5.41) is 3.12. The van der Waals surface area contributed by atoms with Gasteiger partial charge in [-0.25, -0.2) is 0 Å². The van der Waals surface area contributed by atoms with Gasteiger partial charge < -0.3 is 5.32 Å². The maximum atomic E-state index is 12.2. The number of hydrogen-bond acceptors (Lipinski definition) is 1. The van der Waals surface area contributed by atoms with Gasteiger partial charge in [-0.1, -0.05) is 68.4 Å². The minimum atomic E-state index is 0.0787. The molecule has 2 heteroatoms. The van der Waals surface area contributed by atoms with Gasteiger partial charge in [0.15, 0.2) is 0 Å². The van der Waals surface area contributed by atoms with Crippen molar-refractivity contribution >= 4 is 5.91 Å². The fraction of sp³-hybridized carbons (Fsp3) is 0.316. The zero-order valence-corrected chi connectivity index (χ0v) is 12.8. The highest BCUT2D eigenvalue weighted by molar-refractivity contribution is 5.79. The van der Waals surface area contributed by atoms with Crippen molar-refractivity contribution in [3.05, 3.63) is 71.3 Å². The molecule has 0 fully saturated rings. The fourth-order valence-electron chi connectivity index (χ4n) is 2.43. The molecule has 0 saturated carbocycles. The van der Waals surface area contributed by atoms with Crippen LogP contribution in [0.5, 0.6) is 0 Å². The number of aryl methyl sites for hydroxylation is 1. The molecule has 0 aliphatic carbocycles. The van der Waals surface area contributed by atoms with Crippen molar-refractivity contribution < 1.29 is 4.79 Å². The Morgan fingerprint density at radius 3 is 2.14 bits per heavy atom. The molecule has 2 aromatic rings. The van der Waals surface area contributed by atoms with Crippen LogP contribution < -0.4 is 5.32 Å². The summed E-state index contributed by atoms with van der Waals surface area (Å²) in [5.74, 6) is 0.0787. The molecule has 0 bridgehead atoms. The number of benzene rings is 2. The normalized spacial score (nSPS) is 11.9. The van der Waals surface area contributed by atoms with E-state index in [1.165, 1.54) is 5.56 Å². The lowest BCUT2D eigenvalue weighted by atomic mass is 10.0. The van der Waals surface area contributed by atoms with Crippen molar-refractivity contribution in [1.82, 2.24) is 5.32 Å². The zero-order chi connectivity index (χ0) is 15.1. The largest absolute Gasteiger partial charge is 0.349 e. The third-order valence-corrected chi connectivity index (χ3v) is 3.74. The molecule has 2 rings (SSSR count). The molecule has 1 atom stereocenters. The van der Waals surface area contributed by atoms with Gasteiger partial charge in [-0.2, -0.15) is 0 Å². The predicted molar refractivity (Wildman–Crippen MR) is 87.1 cm³/mol. The molecule has 0 aliphatic heterocycles. The van der Waals surface area contributed by atoms with Crippen LogP contribution >= 0.6 is 0 Å². The Morgan fingerprint density at radius 1 is 0.952 bits per heavy atom. The molecule has 0 saturated heterocycles. The molecule has 0 radical (unpaired) electrons. The van der Waals surface area contributed by atoms with Crippen LogP contribution in [0.1, 0.15) is 43.0 Å². The maximum absolute atomic E-state index is 12.2. The Kier molecular flexibility index (Phi) is 5.56. The molecule has 0 aromatic heterocycles. The molecule has 2 nitrogen and oxygen atoms in total. The first-order chi connectivity index (χ1) is 10.2. The lowest BCUT2D eigenvalue weighted by molar-refractivity contribution is -0.121. The van der Waals surface area contributed by atoms with Crippen molar-refractivity contribution in [2.75, 3.05) is 0 Å². The van der Waals surface area contributed by atoms with E-state index in [0.717, 1.165) is 24.0 Å². The van der Waals surface area contributed by atoms with Crippen molar-refractivity contribution in [3.63, 3.8) is 0 Å². The molecule has 1 unspecified atom stereocenters. The Morgan fingerprint density at radius 2 is 1.57 bits per heavy atom. The van der Waals surface area contributed by atoms with Gasteiger partial charge in [0.05, 0.1) is 12.5 Å². The average molecular weight is 281 g/mol. The zero-order valence-electron chi connectivity index (χ0n) is 12.8. The van der Waals surface area contributed by atoms with E-state index in [9.17, 15) is 4.79 Å². The second-order valence-electron chi connectivity index (χ2n) is 5.29. The first kappa shape index (κ1) is 15.3. The quantitative estimate of drug-likeness (QED) is 0.850. The molecular formula is C19H23NO. The average Bonchev–Trinajstić information content (AvgIpc) is 2.54. The van der Waals surface area contributed by atoms with E-state index in [0.29, 0.717) is 6.42 Å². The van der Waals surface area contributed by atoms with E-state index in [1.807, 2.05) is 30.3 Å². The van der Waals surface area contributed by atoms with Crippen LogP contribution in [0.25, 0.3) is 0 Å². The number of rotatable bonds is 6. The third-order valence-electron chi connectivity index (χ3n) is 3.74. The maximum Gasteiger partial charge on any atom is 0.224 e. The molecule has 2 aromatic carbocycles. The van der Waals surface area contributed by atoms with Crippen molar-refractivity contribution in [2.24, 2.45) is 0 Å². The van der Waals surface area contributed by atoms with Crippen LogP contribution in [0.15, 0.2) is 54.6 Å². The number of hydrogen-bond donors (Lipinski definition) is 1. The smallest absolute Gasteiger partial charge is 0.224 e. The highest BCUT2D eigenvalue weighted by Crippen LogP contribution is 2.16. The number of carbonyl (C=O) groups is 1. The Bertz CT molecular complexity index is 560. The van der Waals surface area contributed by atoms with Crippen LogP contribution in [0, 0.1) is 0 Å². The van der Waals surface area contributed by atoms with E-state index in [4.69, 9.17) is 0 Å². The lowest BCUT2D eigenvalue weighted by Gasteiger charge is -2.17. The van der Waals surface area contributed by atoms with Crippen LogP contribution in [-0.2, 0) is 17.6 Å². The topological polar surface area (TPSA) is 29.1 Å². The molecule has 0 aliphatic rings. The van der Waals surface area contributed by atoms with Crippen molar-refractivity contribution in [2.45, 2.75) is 39.2 Å². The standard InChI is InChI=1S/C19H23NO/c1-3-15-10-12-16(13-11-15)14-19(21)20-18(4-2)17-8-6-5-7-9-17/h5-13,18H,3-4,14H2,1-2H3,(H,20,21). The summed E-state index contributed by atoms with van der Waals surface area (Å²) in [6.45, 7) is 4.22. The van der Waals surface area contributed by atoms with E-state index >= 15 is 0 Å². The Labute approximate surface area is 127 Å². The van der Waals surface area contributed by atoms with Gasteiger partial charge in [-0.3, -0.25) is 4.79 Å². The monoisotopic (exact) mass is 281 g/mol. The lowest BCUT2D eigenvalue weighted by Crippen LogP contribution is -2.29. The van der Waals surface area contributed by atoms with Gasteiger partial charge in [-0.05, 0) is 29.5 Å². The van der Waals surface area contributed by atoms with E-state index < -0.39 is 0 Å². The fourth-order valence-corrected chi connectivity index (χ4v) is 2.43. The van der Waals surface area contributed by atoms with E-state index in [2.05, 4.69) is 43.4 Å². The van der Waals surface area contributed by atoms with Gasteiger partial charge in [0.1, 0.15) is 0 Å². The summed E-state index contributed by atoms with van der Waals surface area (Å²) in [6.07, 6.45) is 2.36. The van der Waals surface area contributed by atoms with Crippen LogP contribution in [0.2, 0.25) is 0 Å². The first-order valence-corrected chi connectivity index (χ1v) is 7.65. The summed E-state index contributed by atoms with van der Waals surface area (Å²) in [5.41, 5.74) is 3.53. The van der Waals surface area contributed by atoms with Crippen LogP contribution in [0.4, 0.5) is 0 Å². The van der Waals surface area contributed by atoms with Gasteiger partial charge >= 0.3 is 0 Å². The minimum absolute atomic E-state index is 0.0787. The number of carbonyl (C=O) groups excluding carboxylic acids is 1. The van der Waals surface area contributed by atoms with Crippen molar-refractivity contribution in [1.29, 1.82) is 0 Å². The summed E-state index contributed by atoms with van der Waals surface area (Å²) in [7, 11) is 0. The molecule has 0 heterocycles. The molecule has 110 valence electrons. The third kappa shape index (κ3) is 4.45. The number of nitrogens with one attached hydrogen (secondary N) is 1. The van der Waals surface area contributed by atoms with Gasteiger partial charge in [-0.15, -0.1) is 0 Å². The van der Waals surface area contributed by atoms with E-state index in [1.54, 1.807) is 0 Å². The highest BCUT2D eigenvalue weighted by Gasteiger charge is 2.12. The minimum Gasteiger partial charge on any atom is -0.349 e. The molecule has 1 N–H and O–H groups in total. The second-order valence-corrected chi connectivity index (χ2v) is 5.29. The first-order valence-electron chi connectivity index (χ1n) is 7.65. The Hall–Kier alpha value is -2.09. The van der Waals surface area contributed by atoms with Gasteiger partial charge in [0, 0.05) is 0 Å². The summed E-state index contributed by atoms with van der Waals surface area (Å²) >= 11 is 0. The van der Waals surface area contributed by atoms with Crippen LogP contribution in [0.3, 0.4) is 0 Å². The van der Waals surface area contributed by atoms with Crippen molar-refractivity contribution in [3.8, 4) is 0 Å². The molecule has 0 spiro atoms. The van der Waals surface area contributed by atoms with Gasteiger partial charge in [0.25, 0.3) is 0 Å². The summed E-state index contributed by atoms with van der Waals surface area (Å²) in [4.78, 5) is 12.2. The highest BCUT2D eigenvalue weighted by atomic mass is 16.1. The van der Waals surface area contributed by atoms with Gasteiger partial charge in [0.2, 0.25) is 5.91 Å². The SMILES string of the molecule is CCc1ccc(CC(=O)NC(CC)c2ccccc2)cc1. The van der Waals surface area contributed by atoms with E-state index in [-0.39, 0.29) is 11.9 Å².